The number of hydrogen-bond donors (Lipinski definition) is 2. The van der Waals surface area contributed by atoms with Gasteiger partial charge in [-0.2, -0.15) is 0 Å². The van der Waals surface area contributed by atoms with Crippen molar-refractivity contribution in [2.75, 3.05) is 19.3 Å². The van der Waals surface area contributed by atoms with Crippen LogP contribution >= 0.6 is 7.60 Å². The van der Waals surface area contributed by atoms with Gasteiger partial charge in [-0.15, -0.1) is 0 Å². The Morgan fingerprint density at radius 2 is 1.65 bits per heavy atom. The number of hydrogen-bond acceptors (Lipinski definition) is 5. The molecule has 168 valence electrons. The lowest BCUT2D eigenvalue weighted by atomic mass is 10.1. The van der Waals surface area contributed by atoms with Crippen molar-refractivity contribution in [3.63, 3.8) is 0 Å². The first-order chi connectivity index (χ1) is 14.9. The van der Waals surface area contributed by atoms with Crippen LogP contribution in [0.3, 0.4) is 0 Å². The number of carboxylic acid groups (broad SMARTS) is 1. The van der Waals surface area contributed by atoms with Crippen molar-refractivity contribution in [1.29, 1.82) is 0 Å². The summed E-state index contributed by atoms with van der Waals surface area (Å²) in [5, 5.41) is 11.4. The topological polar surface area (TPSA) is 102 Å². The smallest absolute Gasteiger partial charge is 0.331 e. The predicted octanol–water partition coefficient (Wildman–Crippen LogP) is 4.07. The molecule has 0 fully saturated rings. The molecule has 0 radical (unpaired) electrons. The number of carboxylic acids is 1. The van der Waals surface area contributed by atoms with Gasteiger partial charge in [-0.05, 0) is 30.9 Å². The number of aliphatic carboxylic acids is 1. The average molecular weight is 447 g/mol. The minimum absolute atomic E-state index is 0.0320. The minimum Gasteiger partial charge on any atom is -0.481 e. The van der Waals surface area contributed by atoms with Gasteiger partial charge in [-0.25, -0.2) is 0 Å². The van der Waals surface area contributed by atoms with Crippen LogP contribution in [0.2, 0.25) is 0 Å². The zero-order chi connectivity index (χ0) is 22.5. The number of amides is 1. The van der Waals surface area contributed by atoms with Crippen LogP contribution in [-0.4, -0.2) is 42.4 Å². The SMILES string of the molecule is CCOP(=O)(CCCc1ccccc1)O[C@@H](Cc1ccccc1)C(=O)NCCC(=O)O. The lowest BCUT2D eigenvalue weighted by Crippen LogP contribution is -2.38. The van der Waals surface area contributed by atoms with Gasteiger partial charge in [0.1, 0.15) is 6.10 Å². The zero-order valence-corrected chi connectivity index (χ0v) is 18.6. The van der Waals surface area contributed by atoms with Crippen LogP contribution in [0.4, 0.5) is 0 Å². The fourth-order valence-electron chi connectivity index (χ4n) is 3.07. The summed E-state index contributed by atoms with van der Waals surface area (Å²) in [5.74, 6) is -1.52. The van der Waals surface area contributed by atoms with Gasteiger partial charge in [0, 0.05) is 13.0 Å². The van der Waals surface area contributed by atoms with Crippen LogP contribution in [0.5, 0.6) is 0 Å². The van der Waals surface area contributed by atoms with E-state index in [0.717, 1.165) is 17.5 Å². The summed E-state index contributed by atoms with van der Waals surface area (Å²) in [7, 11) is -3.53. The van der Waals surface area contributed by atoms with E-state index >= 15 is 0 Å². The molecule has 0 aliphatic carbocycles. The molecular weight excluding hydrogens is 417 g/mol. The maximum Gasteiger partial charge on any atom is 0.331 e. The standard InChI is InChI=1S/C23H30NO6P/c1-2-29-31(28,17-9-14-19-10-5-3-6-11-19)30-21(18-20-12-7-4-8-13-20)23(27)24-16-15-22(25)26/h3-8,10-13,21H,2,9,14-18H2,1H3,(H,24,27)(H,25,26)/t21-,31?/m0/s1. The third-order valence-electron chi connectivity index (χ3n) is 4.55. The summed E-state index contributed by atoms with van der Waals surface area (Å²) in [6.07, 6.45) is 0.434. The average Bonchev–Trinajstić information content (AvgIpc) is 2.74. The molecule has 1 amide bonds. The van der Waals surface area contributed by atoms with E-state index in [9.17, 15) is 14.2 Å². The van der Waals surface area contributed by atoms with Gasteiger partial charge >= 0.3 is 13.6 Å². The molecule has 0 bridgehead atoms. The second-order valence-electron chi connectivity index (χ2n) is 7.06. The van der Waals surface area contributed by atoms with Gasteiger partial charge < -0.3 is 14.9 Å². The maximum atomic E-state index is 13.4. The molecule has 0 aliphatic rings. The molecule has 2 N–H and O–H groups in total. The number of carbonyl (C=O) groups excluding carboxylic acids is 1. The van der Waals surface area contributed by atoms with Crippen LogP contribution in [0, 0.1) is 0 Å². The van der Waals surface area contributed by atoms with Crippen molar-refractivity contribution in [3.8, 4) is 0 Å². The summed E-state index contributed by atoms with van der Waals surface area (Å²) in [6.45, 7) is 1.89. The first-order valence-corrected chi connectivity index (χ1v) is 12.1. The largest absolute Gasteiger partial charge is 0.481 e. The summed E-state index contributed by atoms with van der Waals surface area (Å²) in [5.41, 5.74) is 1.96. The first kappa shape index (κ1) is 24.8. The molecule has 0 saturated heterocycles. The van der Waals surface area contributed by atoms with Gasteiger partial charge in [0.15, 0.2) is 0 Å². The molecule has 1 unspecified atom stereocenters. The molecule has 0 aromatic heterocycles. The lowest BCUT2D eigenvalue weighted by Gasteiger charge is -2.24. The molecule has 2 atom stereocenters. The second-order valence-corrected chi connectivity index (χ2v) is 9.20. The van der Waals surface area contributed by atoms with Crippen LogP contribution < -0.4 is 5.32 Å². The second kappa shape index (κ2) is 13.1. The number of benzene rings is 2. The molecule has 0 aliphatic heterocycles. The highest BCUT2D eigenvalue weighted by Crippen LogP contribution is 2.50. The molecule has 31 heavy (non-hydrogen) atoms. The monoisotopic (exact) mass is 447 g/mol. The number of rotatable bonds is 14. The summed E-state index contributed by atoms with van der Waals surface area (Å²) < 4.78 is 24.7. The summed E-state index contributed by atoms with van der Waals surface area (Å²) in [4.78, 5) is 23.4. The van der Waals surface area contributed by atoms with Crippen LogP contribution in [-0.2, 0) is 36.0 Å². The maximum absolute atomic E-state index is 13.4. The Balaban J connectivity index is 2.07. The Labute approximate surface area is 183 Å². The minimum atomic E-state index is -3.53. The normalized spacial score (nSPS) is 13.8. The fourth-order valence-corrected chi connectivity index (χ4v) is 4.86. The highest BCUT2D eigenvalue weighted by atomic mass is 31.2. The Kier molecular flexibility index (Phi) is 10.4. The predicted molar refractivity (Wildman–Crippen MR) is 119 cm³/mol. The van der Waals surface area contributed by atoms with Crippen LogP contribution in [0.1, 0.15) is 30.9 Å². The van der Waals surface area contributed by atoms with Crippen molar-refractivity contribution < 1.29 is 28.3 Å². The van der Waals surface area contributed by atoms with Gasteiger partial charge in [-0.3, -0.25) is 18.7 Å². The molecular formula is C23H30NO6P. The highest BCUT2D eigenvalue weighted by molar-refractivity contribution is 7.53. The summed E-state index contributed by atoms with van der Waals surface area (Å²) >= 11 is 0. The highest BCUT2D eigenvalue weighted by Gasteiger charge is 2.32. The van der Waals surface area contributed by atoms with Gasteiger partial charge in [0.05, 0.1) is 19.2 Å². The van der Waals surface area contributed by atoms with E-state index in [4.69, 9.17) is 14.2 Å². The first-order valence-electron chi connectivity index (χ1n) is 10.4. The van der Waals surface area contributed by atoms with Crippen molar-refractivity contribution >= 4 is 19.5 Å². The molecule has 0 heterocycles. The molecule has 2 rings (SSSR count). The lowest BCUT2D eigenvalue weighted by molar-refractivity contribution is -0.137. The van der Waals surface area contributed by atoms with E-state index < -0.39 is 25.6 Å². The van der Waals surface area contributed by atoms with E-state index in [2.05, 4.69) is 5.32 Å². The molecule has 2 aromatic carbocycles. The van der Waals surface area contributed by atoms with Crippen molar-refractivity contribution in [2.24, 2.45) is 0 Å². The number of carbonyl (C=O) groups is 2. The van der Waals surface area contributed by atoms with Crippen molar-refractivity contribution in [3.05, 3.63) is 71.8 Å². The van der Waals surface area contributed by atoms with Gasteiger partial charge in [0.25, 0.3) is 0 Å². The Hall–Kier alpha value is -2.47. The van der Waals surface area contributed by atoms with Crippen molar-refractivity contribution in [2.45, 2.75) is 38.7 Å². The van der Waals surface area contributed by atoms with E-state index in [1.165, 1.54) is 0 Å². The molecule has 0 saturated carbocycles. The third-order valence-corrected chi connectivity index (χ3v) is 6.64. The van der Waals surface area contributed by atoms with E-state index in [-0.39, 0.29) is 32.2 Å². The van der Waals surface area contributed by atoms with Gasteiger partial charge in [0.2, 0.25) is 5.91 Å². The third kappa shape index (κ3) is 9.47. The molecule has 0 spiro atoms. The van der Waals surface area contributed by atoms with Crippen molar-refractivity contribution in [1.82, 2.24) is 5.32 Å². The van der Waals surface area contributed by atoms with E-state index in [1.54, 1.807) is 6.92 Å². The van der Waals surface area contributed by atoms with Gasteiger partial charge in [-0.1, -0.05) is 60.7 Å². The molecule has 2 aromatic rings. The zero-order valence-electron chi connectivity index (χ0n) is 17.7. The van der Waals surface area contributed by atoms with Crippen LogP contribution in [0.25, 0.3) is 0 Å². The fraction of sp³-hybridized carbons (Fsp3) is 0.391. The molecule has 8 heteroatoms. The number of aryl methyl sites for hydroxylation is 1. The Bertz CT molecular complexity index is 859. The quantitative estimate of drug-likeness (QED) is 0.424. The van der Waals surface area contributed by atoms with E-state index in [1.807, 2.05) is 60.7 Å². The van der Waals surface area contributed by atoms with Crippen LogP contribution in [0.15, 0.2) is 60.7 Å². The number of nitrogens with one attached hydrogen (secondary N) is 1. The summed E-state index contributed by atoms with van der Waals surface area (Å²) in [6, 6.07) is 19.1. The van der Waals surface area contributed by atoms with E-state index in [0.29, 0.717) is 6.42 Å². The Morgan fingerprint density at radius 1 is 1.03 bits per heavy atom. The Morgan fingerprint density at radius 3 is 2.23 bits per heavy atom. The molecule has 7 nitrogen and oxygen atoms in total.